The number of hydrogen-bond acceptors (Lipinski definition) is 4. The maximum absolute atomic E-state index is 13.4. The van der Waals surface area contributed by atoms with E-state index in [0.29, 0.717) is 50.5 Å². The Bertz CT molecular complexity index is 1090. The SMILES string of the molecule is Cc1cc(C)c(S(=O)(=O)N2CCC(C(=O)N(CCN(C)C)Cc3ccc(F)cc3)CC2)c(C)c1. The normalized spacial score (nSPS) is 15.6. The predicted molar refractivity (Wildman–Crippen MR) is 133 cm³/mol. The number of sulfonamides is 1. The predicted octanol–water partition coefficient (Wildman–Crippen LogP) is 3.74. The second-order valence-electron chi connectivity index (χ2n) is 9.60. The second kappa shape index (κ2) is 11.0. The lowest BCUT2D eigenvalue weighted by molar-refractivity contribution is -0.137. The van der Waals surface area contributed by atoms with Gasteiger partial charge in [-0.25, -0.2) is 12.8 Å². The topological polar surface area (TPSA) is 60.9 Å². The van der Waals surface area contributed by atoms with Crippen LogP contribution in [0.3, 0.4) is 0 Å². The van der Waals surface area contributed by atoms with Crippen LogP contribution in [0.5, 0.6) is 0 Å². The number of rotatable bonds is 8. The van der Waals surface area contributed by atoms with Gasteiger partial charge in [0.15, 0.2) is 0 Å². The molecular formula is C26H36FN3O3S. The van der Waals surface area contributed by atoms with Gasteiger partial charge in [0.2, 0.25) is 15.9 Å². The molecular weight excluding hydrogens is 453 g/mol. The van der Waals surface area contributed by atoms with E-state index in [1.54, 1.807) is 12.1 Å². The first-order chi connectivity index (χ1) is 16.0. The highest BCUT2D eigenvalue weighted by Crippen LogP contribution is 2.29. The number of amides is 1. The highest BCUT2D eigenvalue weighted by Gasteiger charge is 2.35. The summed E-state index contributed by atoms with van der Waals surface area (Å²) in [6, 6.07) is 10.0. The third-order valence-corrected chi connectivity index (χ3v) is 8.63. The first-order valence-corrected chi connectivity index (χ1v) is 13.2. The maximum atomic E-state index is 13.4. The Morgan fingerprint density at radius 1 is 1.00 bits per heavy atom. The van der Waals surface area contributed by atoms with Crippen LogP contribution in [0.4, 0.5) is 4.39 Å². The van der Waals surface area contributed by atoms with Crippen LogP contribution < -0.4 is 0 Å². The lowest BCUT2D eigenvalue weighted by Gasteiger charge is -2.34. The van der Waals surface area contributed by atoms with Crippen molar-refractivity contribution in [1.82, 2.24) is 14.1 Å². The Morgan fingerprint density at radius 2 is 1.56 bits per heavy atom. The average Bonchev–Trinajstić information content (AvgIpc) is 2.76. The summed E-state index contributed by atoms with van der Waals surface area (Å²) in [4.78, 5) is 17.6. The maximum Gasteiger partial charge on any atom is 0.243 e. The van der Waals surface area contributed by atoms with E-state index >= 15 is 0 Å². The zero-order valence-corrected chi connectivity index (χ0v) is 21.7. The van der Waals surface area contributed by atoms with Crippen LogP contribution in [0, 0.1) is 32.5 Å². The first kappa shape index (κ1) is 26.3. The standard InChI is InChI=1S/C26H36FN3O3S/c1-19-16-20(2)25(21(3)17-19)34(32,33)30-12-10-23(11-13-30)26(31)29(15-14-28(4)5)18-22-6-8-24(27)9-7-22/h6-9,16-17,23H,10-15,18H2,1-5H3. The van der Waals surface area contributed by atoms with Crippen LogP contribution in [0.2, 0.25) is 0 Å². The van der Waals surface area contributed by atoms with Crippen molar-refractivity contribution in [2.45, 2.75) is 45.1 Å². The van der Waals surface area contributed by atoms with Crippen molar-refractivity contribution < 1.29 is 17.6 Å². The molecule has 0 unspecified atom stereocenters. The largest absolute Gasteiger partial charge is 0.337 e. The zero-order chi connectivity index (χ0) is 25.0. The van der Waals surface area contributed by atoms with Gasteiger partial charge in [0.1, 0.15) is 5.82 Å². The number of aryl methyl sites for hydroxylation is 3. The van der Waals surface area contributed by atoms with Crippen LogP contribution in [0.15, 0.2) is 41.3 Å². The third kappa shape index (κ3) is 6.23. The Labute approximate surface area is 203 Å². The molecule has 1 amide bonds. The number of carbonyl (C=O) groups is 1. The molecule has 2 aromatic rings. The molecule has 0 N–H and O–H groups in total. The zero-order valence-electron chi connectivity index (χ0n) is 20.8. The van der Waals surface area contributed by atoms with Crippen LogP contribution in [-0.2, 0) is 21.4 Å². The molecule has 186 valence electrons. The lowest BCUT2D eigenvalue weighted by atomic mass is 9.96. The summed E-state index contributed by atoms with van der Waals surface area (Å²) in [6.07, 6.45) is 0.980. The molecule has 0 bridgehead atoms. The third-order valence-electron chi connectivity index (χ3n) is 6.42. The molecule has 0 aliphatic carbocycles. The second-order valence-corrected chi connectivity index (χ2v) is 11.5. The minimum absolute atomic E-state index is 0.0333. The highest BCUT2D eigenvalue weighted by atomic mass is 32.2. The van der Waals surface area contributed by atoms with Gasteiger partial charge in [-0.2, -0.15) is 4.31 Å². The van der Waals surface area contributed by atoms with Gasteiger partial charge in [-0.15, -0.1) is 0 Å². The molecule has 6 nitrogen and oxygen atoms in total. The summed E-state index contributed by atoms with van der Waals surface area (Å²) in [5.74, 6) is -0.497. The molecule has 1 aliphatic heterocycles. The van der Waals surface area contributed by atoms with Gasteiger partial charge in [0, 0.05) is 38.6 Å². The summed E-state index contributed by atoms with van der Waals surface area (Å²) < 4.78 is 41.6. The summed E-state index contributed by atoms with van der Waals surface area (Å²) in [7, 11) is 0.297. The van der Waals surface area contributed by atoms with Crippen molar-refractivity contribution >= 4 is 15.9 Å². The van der Waals surface area contributed by atoms with Crippen molar-refractivity contribution in [3.8, 4) is 0 Å². The van der Waals surface area contributed by atoms with Gasteiger partial charge in [-0.1, -0.05) is 29.8 Å². The number of halogens is 1. The fourth-order valence-corrected chi connectivity index (χ4v) is 6.58. The number of likely N-dealkylation sites (N-methyl/N-ethyl adjacent to an activating group) is 1. The van der Waals surface area contributed by atoms with Crippen molar-refractivity contribution in [1.29, 1.82) is 0 Å². The molecule has 1 fully saturated rings. The minimum atomic E-state index is -3.62. The fraction of sp³-hybridized carbons (Fsp3) is 0.500. The van der Waals surface area contributed by atoms with E-state index in [2.05, 4.69) is 0 Å². The molecule has 1 heterocycles. The quantitative estimate of drug-likeness (QED) is 0.567. The molecule has 0 spiro atoms. The van der Waals surface area contributed by atoms with Crippen molar-refractivity contribution in [2.24, 2.45) is 5.92 Å². The number of nitrogens with zero attached hydrogens (tertiary/aromatic N) is 3. The summed E-state index contributed by atoms with van der Waals surface area (Å²) in [6.45, 7) is 7.96. The van der Waals surface area contributed by atoms with Crippen LogP contribution in [-0.4, -0.2) is 68.7 Å². The monoisotopic (exact) mass is 489 g/mol. The molecule has 2 aromatic carbocycles. The molecule has 0 aromatic heterocycles. The van der Waals surface area contributed by atoms with Gasteiger partial charge >= 0.3 is 0 Å². The van der Waals surface area contributed by atoms with Crippen LogP contribution in [0.25, 0.3) is 0 Å². The summed E-state index contributed by atoms with van der Waals surface area (Å²) >= 11 is 0. The van der Waals surface area contributed by atoms with E-state index in [1.807, 2.05) is 56.8 Å². The smallest absolute Gasteiger partial charge is 0.243 e. The fourth-order valence-electron chi connectivity index (χ4n) is 4.70. The van der Waals surface area contributed by atoms with Gasteiger partial charge in [-0.05, 0) is 76.5 Å². The van der Waals surface area contributed by atoms with E-state index in [-0.39, 0.29) is 17.6 Å². The van der Waals surface area contributed by atoms with Gasteiger partial charge in [-0.3, -0.25) is 4.79 Å². The number of hydrogen-bond donors (Lipinski definition) is 0. The summed E-state index contributed by atoms with van der Waals surface area (Å²) in [5, 5.41) is 0. The van der Waals surface area contributed by atoms with Crippen molar-refractivity contribution in [2.75, 3.05) is 40.3 Å². The Hall–Kier alpha value is -2.29. The molecule has 0 saturated carbocycles. The van der Waals surface area contributed by atoms with Crippen molar-refractivity contribution in [3.05, 3.63) is 64.5 Å². The van der Waals surface area contributed by atoms with E-state index in [9.17, 15) is 17.6 Å². The number of piperidine rings is 1. The first-order valence-electron chi connectivity index (χ1n) is 11.7. The Balaban J connectivity index is 1.71. The van der Waals surface area contributed by atoms with E-state index < -0.39 is 10.0 Å². The van der Waals surface area contributed by atoms with Gasteiger partial charge in [0.25, 0.3) is 0 Å². The minimum Gasteiger partial charge on any atom is -0.337 e. The summed E-state index contributed by atoms with van der Waals surface area (Å²) in [5.41, 5.74) is 3.42. The Kier molecular flexibility index (Phi) is 8.49. The molecule has 3 rings (SSSR count). The van der Waals surface area contributed by atoms with Gasteiger partial charge in [0.05, 0.1) is 4.90 Å². The molecule has 34 heavy (non-hydrogen) atoms. The molecule has 0 radical (unpaired) electrons. The highest BCUT2D eigenvalue weighted by molar-refractivity contribution is 7.89. The van der Waals surface area contributed by atoms with Crippen molar-refractivity contribution in [3.63, 3.8) is 0 Å². The van der Waals surface area contributed by atoms with E-state index in [4.69, 9.17) is 0 Å². The number of benzene rings is 2. The Morgan fingerprint density at radius 3 is 2.09 bits per heavy atom. The average molecular weight is 490 g/mol. The van der Waals surface area contributed by atoms with E-state index in [0.717, 1.165) is 22.3 Å². The lowest BCUT2D eigenvalue weighted by Crippen LogP contribution is -2.45. The van der Waals surface area contributed by atoms with Gasteiger partial charge < -0.3 is 9.80 Å². The van der Waals surface area contributed by atoms with Crippen LogP contribution >= 0.6 is 0 Å². The molecule has 8 heteroatoms. The van der Waals surface area contributed by atoms with Crippen LogP contribution in [0.1, 0.15) is 35.1 Å². The van der Waals surface area contributed by atoms with E-state index in [1.165, 1.54) is 16.4 Å². The molecule has 1 saturated heterocycles. The molecule has 1 aliphatic rings. The molecule has 0 atom stereocenters. The number of carbonyl (C=O) groups excluding carboxylic acids is 1.